The van der Waals surface area contributed by atoms with Crippen LogP contribution in [-0.4, -0.2) is 6.04 Å². The number of hydrogen-bond acceptors (Lipinski definition) is 2. The highest BCUT2D eigenvalue weighted by atomic mass is 79.9. The van der Waals surface area contributed by atoms with Crippen LogP contribution in [0.3, 0.4) is 0 Å². The number of benzene rings is 1. The standard InChI is InChI=1S/C11H11BrClNS/c1-6(14)4-9-8-5-7(13)2-3-10(8)15-11(9)12/h2-3,5-6H,4,14H2,1H3. The Kier molecular flexibility index (Phi) is 3.36. The second-order valence-corrected chi connectivity index (χ2v) is 6.48. The molecule has 0 bridgehead atoms. The van der Waals surface area contributed by atoms with Crippen LogP contribution in [0.5, 0.6) is 0 Å². The number of thiophene rings is 1. The van der Waals surface area contributed by atoms with Crippen LogP contribution in [0.1, 0.15) is 12.5 Å². The third kappa shape index (κ3) is 2.36. The van der Waals surface area contributed by atoms with E-state index in [0.29, 0.717) is 0 Å². The van der Waals surface area contributed by atoms with Crippen molar-refractivity contribution >= 4 is 49.0 Å². The quantitative estimate of drug-likeness (QED) is 0.884. The van der Waals surface area contributed by atoms with Crippen molar-refractivity contribution in [2.75, 3.05) is 0 Å². The molecule has 1 heterocycles. The van der Waals surface area contributed by atoms with Gasteiger partial charge in [-0.2, -0.15) is 0 Å². The second-order valence-electron chi connectivity index (χ2n) is 3.68. The van der Waals surface area contributed by atoms with Gasteiger partial charge in [-0.3, -0.25) is 0 Å². The van der Waals surface area contributed by atoms with Gasteiger partial charge in [-0.1, -0.05) is 11.6 Å². The SMILES string of the molecule is CC(N)Cc1c(Br)sc2ccc(Cl)cc12. The molecule has 0 aliphatic carbocycles. The van der Waals surface area contributed by atoms with Gasteiger partial charge in [0, 0.05) is 15.8 Å². The molecule has 0 aliphatic rings. The van der Waals surface area contributed by atoms with Crippen molar-refractivity contribution in [2.24, 2.45) is 5.73 Å². The molecular weight excluding hydrogens is 294 g/mol. The minimum Gasteiger partial charge on any atom is -0.328 e. The summed E-state index contributed by atoms with van der Waals surface area (Å²) in [6, 6.07) is 6.15. The lowest BCUT2D eigenvalue weighted by atomic mass is 10.1. The average molecular weight is 305 g/mol. The molecule has 2 N–H and O–H groups in total. The maximum Gasteiger partial charge on any atom is 0.0743 e. The van der Waals surface area contributed by atoms with E-state index in [1.807, 2.05) is 19.1 Å². The fourth-order valence-corrected chi connectivity index (χ4v) is 3.61. The van der Waals surface area contributed by atoms with Crippen LogP contribution >= 0.6 is 38.9 Å². The number of rotatable bonds is 2. The molecule has 1 unspecified atom stereocenters. The van der Waals surface area contributed by atoms with Crippen LogP contribution in [0.2, 0.25) is 5.02 Å². The highest BCUT2D eigenvalue weighted by molar-refractivity contribution is 9.11. The lowest BCUT2D eigenvalue weighted by Gasteiger charge is -2.04. The molecule has 1 nitrogen and oxygen atoms in total. The van der Waals surface area contributed by atoms with Gasteiger partial charge in [0.15, 0.2) is 0 Å². The van der Waals surface area contributed by atoms with E-state index in [2.05, 4.69) is 22.0 Å². The van der Waals surface area contributed by atoms with Crippen molar-refractivity contribution in [3.8, 4) is 0 Å². The summed E-state index contributed by atoms with van der Waals surface area (Å²) in [7, 11) is 0. The van der Waals surface area contributed by atoms with Crippen molar-refractivity contribution in [3.63, 3.8) is 0 Å². The Labute approximate surface area is 106 Å². The molecule has 0 radical (unpaired) electrons. The molecule has 2 aromatic rings. The minimum atomic E-state index is 0.165. The molecule has 1 atom stereocenters. The van der Waals surface area contributed by atoms with Crippen molar-refractivity contribution in [2.45, 2.75) is 19.4 Å². The van der Waals surface area contributed by atoms with E-state index in [9.17, 15) is 0 Å². The first kappa shape index (κ1) is 11.4. The molecule has 0 fully saturated rings. The van der Waals surface area contributed by atoms with E-state index >= 15 is 0 Å². The van der Waals surface area contributed by atoms with Crippen LogP contribution in [0.25, 0.3) is 10.1 Å². The van der Waals surface area contributed by atoms with Gasteiger partial charge >= 0.3 is 0 Å². The Morgan fingerprint density at radius 3 is 2.93 bits per heavy atom. The fourth-order valence-electron chi connectivity index (χ4n) is 1.60. The maximum absolute atomic E-state index is 5.99. The molecule has 0 aliphatic heterocycles. The summed E-state index contributed by atoms with van der Waals surface area (Å²) >= 11 is 11.3. The third-order valence-electron chi connectivity index (χ3n) is 2.23. The van der Waals surface area contributed by atoms with Crippen LogP contribution < -0.4 is 5.73 Å². The molecule has 0 amide bonds. The molecule has 1 aromatic carbocycles. The van der Waals surface area contributed by atoms with E-state index in [1.165, 1.54) is 15.6 Å². The Balaban J connectivity index is 2.60. The van der Waals surface area contributed by atoms with Gasteiger partial charge in [0.25, 0.3) is 0 Å². The molecule has 1 aromatic heterocycles. The third-order valence-corrected chi connectivity index (χ3v) is 4.43. The summed E-state index contributed by atoms with van der Waals surface area (Å²) in [5.74, 6) is 0. The number of halogens is 2. The Morgan fingerprint density at radius 2 is 2.27 bits per heavy atom. The molecular formula is C11H11BrClNS. The summed E-state index contributed by atoms with van der Waals surface area (Å²) in [5.41, 5.74) is 7.10. The van der Waals surface area contributed by atoms with Crippen molar-refractivity contribution in [1.29, 1.82) is 0 Å². The molecule has 0 spiro atoms. The Bertz CT molecular complexity index is 493. The molecule has 0 saturated heterocycles. The highest BCUT2D eigenvalue weighted by Gasteiger charge is 2.11. The first-order valence-corrected chi connectivity index (χ1v) is 6.68. The summed E-state index contributed by atoms with van der Waals surface area (Å²) in [4.78, 5) is 0. The number of nitrogens with two attached hydrogens (primary N) is 1. The smallest absolute Gasteiger partial charge is 0.0743 e. The summed E-state index contributed by atoms with van der Waals surface area (Å²) in [5, 5.41) is 2.00. The average Bonchev–Trinajstić information content (AvgIpc) is 2.43. The first-order valence-electron chi connectivity index (χ1n) is 4.70. The topological polar surface area (TPSA) is 26.0 Å². The lowest BCUT2D eigenvalue weighted by molar-refractivity contribution is 0.741. The van der Waals surface area contributed by atoms with Crippen molar-refractivity contribution in [3.05, 3.63) is 32.6 Å². The van der Waals surface area contributed by atoms with Gasteiger partial charge in [-0.15, -0.1) is 11.3 Å². The zero-order valence-corrected chi connectivity index (χ0v) is 11.4. The highest BCUT2D eigenvalue weighted by Crippen LogP contribution is 2.37. The zero-order chi connectivity index (χ0) is 11.0. The molecule has 0 saturated carbocycles. The number of fused-ring (bicyclic) bond motifs is 1. The van der Waals surface area contributed by atoms with E-state index in [0.717, 1.165) is 15.2 Å². The molecule has 2 rings (SSSR count). The summed E-state index contributed by atoms with van der Waals surface area (Å²) in [6.07, 6.45) is 0.876. The van der Waals surface area contributed by atoms with E-state index in [-0.39, 0.29) is 6.04 Å². The normalized spacial score (nSPS) is 13.3. The van der Waals surface area contributed by atoms with Gasteiger partial charge in [0.2, 0.25) is 0 Å². The lowest BCUT2D eigenvalue weighted by Crippen LogP contribution is -2.17. The molecule has 80 valence electrons. The van der Waals surface area contributed by atoms with Crippen molar-refractivity contribution in [1.82, 2.24) is 0 Å². The van der Waals surface area contributed by atoms with Crippen molar-refractivity contribution < 1.29 is 0 Å². The minimum absolute atomic E-state index is 0.165. The fraction of sp³-hybridized carbons (Fsp3) is 0.273. The zero-order valence-electron chi connectivity index (χ0n) is 8.26. The van der Waals surface area contributed by atoms with Gasteiger partial charge in [-0.05, 0) is 58.4 Å². The second kappa shape index (κ2) is 4.42. The summed E-state index contributed by atoms with van der Waals surface area (Å²) < 4.78 is 2.42. The predicted octanol–water partition coefficient (Wildman–Crippen LogP) is 4.21. The first-order chi connectivity index (χ1) is 7.08. The van der Waals surface area contributed by atoms with Gasteiger partial charge in [0.05, 0.1) is 3.79 Å². The van der Waals surface area contributed by atoms with E-state index in [1.54, 1.807) is 11.3 Å². The van der Waals surface area contributed by atoms with E-state index in [4.69, 9.17) is 17.3 Å². The monoisotopic (exact) mass is 303 g/mol. The van der Waals surface area contributed by atoms with E-state index < -0.39 is 0 Å². The summed E-state index contributed by atoms with van der Waals surface area (Å²) in [6.45, 7) is 2.01. The molecule has 15 heavy (non-hydrogen) atoms. The van der Waals surface area contributed by atoms with Gasteiger partial charge < -0.3 is 5.73 Å². The Hall–Kier alpha value is -0.0900. The van der Waals surface area contributed by atoms with Crippen LogP contribution in [0.15, 0.2) is 22.0 Å². The predicted molar refractivity (Wildman–Crippen MR) is 71.9 cm³/mol. The van der Waals surface area contributed by atoms with Crippen LogP contribution in [0.4, 0.5) is 0 Å². The maximum atomic E-state index is 5.99. The van der Waals surface area contributed by atoms with Gasteiger partial charge in [-0.25, -0.2) is 0 Å². The van der Waals surface area contributed by atoms with Crippen LogP contribution in [0, 0.1) is 0 Å². The largest absolute Gasteiger partial charge is 0.328 e. The molecule has 4 heteroatoms. The van der Waals surface area contributed by atoms with Gasteiger partial charge in [0.1, 0.15) is 0 Å². The number of hydrogen-bond donors (Lipinski definition) is 1. The van der Waals surface area contributed by atoms with Crippen LogP contribution in [-0.2, 0) is 6.42 Å². The Morgan fingerprint density at radius 1 is 1.53 bits per heavy atom.